The number of aromatic nitrogens is 2. The van der Waals surface area contributed by atoms with Gasteiger partial charge >= 0.3 is 0 Å². The summed E-state index contributed by atoms with van der Waals surface area (Å²) in [7, 11) is 2.10. The number of rotatable bonds is 4. The Hall–Kier alpha value is -1.79. The Bertz CT molecular complexity index is 728. The predicted octanol–water partition coefficient (Wildman–Crippen LogP) is 3.12. The quantitative estimate of drug-likeness (QED) is 0.861. The molecule has 6 heteroatoms. The fraction of sp³-hybridized carbons (Fsp3) is 0.556. The lowest BCUT2D eigenvalue weighted by Gasteiger charge is -2.57. The van der Waals surface area contributed by atoms with Crippen LogP contribution in [0.1, 0.15) is 26.2 Å². The van der Waals surface area contributed by atoms with Gasteiger partial charge < -0.3 is 9.15 Å². The third-order valence-electron chi connectivity index (χ3n) is 5.46. The van der Waals surface area contributed by atoms with Gasteiger partial charge in [-0.3, -0.25) is 4.90 Å². The van der Waals surface area contributed by atoms with Crippen molar-refractivity contribution in [2.24, 2.45) is 11.3 Å². The van der Waals surface area contributed by atoms with Gasteiger partial charge in [-0.25, -0.2) is 4.39 Å². The molecule has 4 rings (SSSR count). The molecule has 2 aliphatic rings. The van der Waals surface area contributed by atoms with Gasteiger partial charge in [0.05, 0.1) is 12.6 Å². The van der Waals surface area contributed by atoms with Crippen molar-refractivity contribution >= 4 is 0 Å². The van der Waals surface area contributed by atoms with Gasteiger partial charge in [0.15, 0.2) is 0 Å². The highest BCUT2D eigenvalue weighted by Crippen LogP contribution is 2.54. The Kier molecular flexibility index (Phi) is 3.69. The second kappa shape index (κ2) is 5.63. The summed E-state index contributed by atoms with van der Waals surface area (Å²) in [6.45, 7) is 5.99. The summed E-state index contributed by atoms with van der Waals surface area (Å²) in [6.07, 6.45) is 1.48. The molecule has 24 heavy (non-hydrogen) atoms. The SMILES string of the molecule is CN(Cc1nnc(-c2ccc(F)cc2)o1)C1C2CCOC2C1(C)C. The predicted molar refractivity (Wildman–Crippen MR) is 86.6 cm³/mol. The Morgan fingerprint density at radius 1 is 1.25 bits per heavy atom. The molecule has 0 amide bonds. The average molecular weight is 331 g/mol. The number of benzene rings is 1. The van der Waals surface area contributed by atoms with E-state index in [0.717, 1.165) is 18.6 Å². The van der Waals surface area contributed by atoms with E-state index in [9.17, 15) is 4.39 Å². The summed E-state index contributed by atoms with van der Waals surface area (Å²) in [4.78, 5) is 2.29. The number of fused-ring (bicyclic) bond motifs is 1. The van der Waals surface area contributed by atoms with Crippen LogP contribution in [-0.4, -0.2) is 40.9 Å². The van der Waals surface area contributed by atoms with Crippen LogP contribution in [0.2, 0.25) is 0 Å². The van der Waals surface area contributed by atoms with Crippen molar-refractivity contribution in [2.75, 3.05) is 13.7 Å². The molecule has 2 fully saturated rings. The smallest absolute Gasteiger partial charge is 0.247 e. The largest absolute Gasteiger partial charge is 0.419 e. The Morgan fingerprint density at radius 2 is 2.00 bits per heavy atom. The fourth-order valence-corrected chi connectivity index (χ4v) is 4.53. The monoisotopic (exact) mass is 331 g/mol. The van der Waals surface area contributed by atoms with Crippen molar-refractivity contribution in [1.29, 1.82) is 0 Å². The molecule has 3 atom stereocenters. The topological polar surface area (TPSA) is 51.4 Å². The summed E-state index contributed by atoms with van der Waals surface area (Å²) >= 11 is 0. The highest BCUT2D eigenvalue weighted by atomic mass is 19.1. The second-order valence-electron chi connectivity index (χ2n) is 7.43. The highest BCUT2D eigenvalue weighted by Gasteiger charge is 2.60. The van der Waals surface area contributed by atoms with Crippen LogP contribution in [0.4, 0.5) is 4.39 Å². The molecule has 0 bridgehead atoms. The Balaban J connectivity index is 1.47. The van der Waals surface area contributed by atoms with Crippen molar-refractivity contribution < 1.29 is 13.5 Å². The first-order chi connectivity index (χ1) is 11.5. The fourth-order valence-electron chi connectivity index (χ4n) is 4.53. The van der Waals surface area contributed by atoms with E-state index in [4.69, 9.17) is 9.15 Å². The van der Waals surface area contributed by atoms with Crippen molar-refractivity contribution in [3.05, 3.63) is 36.0 Å². The van der Waals surface area contributed by atoms with Crippen LogP contribution in [0, 0.1) is 17.2 Å². The van der Waals surface area contributed by atoms with Crippen molar-refractivity contribution in [1.82, 2.24) is 15.1 Å². The summed E-state index contributed by atoms with van der Waals surface area (Å²) in [6, 6.07) is 6.52. The molecule has 2 aromatic rings. The molecule has 1 aliphatic carbocycles. The van der Waals surface area contributed by atoms with Gasteiger partial charge in [0.25, 0.3) is 0 Å². The maximum absolute atomic E-state index is 13.0. The lowest BCUT2D eigenvalue weighted by molar-refractivity contribution is -0.152. The number of hydrogen-bond donors (Lipinski definition) is 0. The van der Waals surface area contributed by atoms with Gasteiger partial charge in [0.2, 0.25) is 11.8 Å². The van der Waals surface area contributed by atoms with Crippen LogP contribution in [0.15, 0.2) is 28.7 Å². The van der Waals surface area contributed by atoms with E-state index in [0.29, 0.717) is 36.4 Å². The normalized spacial score (nSPS) is 28.0. The Morgan fingerprint density at radius 3 is 2.75 bits per heavy atom. The summed E-state index contributed by atoms with van der Waals surface area (Å²) in [5.74, 6) is 1.31. The maximum atomic E-state index is 13.0. The molecule has 1 saturated carbocycles. The number of nitrogens with zero attached hydrogens (tertiary/aromatic N) is 3. The highest BCUT2D eigenvalue weighted by molar-refractivity contribution is 5.51. The lowest BCUT2D eigenvalue weighted by atomic mass is 9.57. The molecular weight excluding hydrogens is 309 g/mol. The van der Waals surface area contributed by atoms with E-state index < -0.39 is 0 Å². The van der Waals surface area contributed by atoms with E-state index in [1.807, 2.05) is 0 Å². The molecule has 2 heterocycles. The molecule has 0 N–H and O–H groups in total. The van der Waals surface area contributed by atoms with Crippen molar-refractivity contribution in [2.45, 2.75) is 39.0 Å². The molecule has 3 unspecified atom stereocenters. The first kappa shape index (κ1) is 15.7. The minimum absolute atomic E-state index is 0.135. The molecule has 1 aliphatic heterocycles. The molecule has 128 valence electrons. The molecule has 0 spiro atoms. The minimum atomic E-state index is -0.279. The third kappa shape index (κ3) is 2.45. The second-order valence-corrected chi connectivity index (χ2v) is 7.43. The summed E-state index contributed by atoms with van der Waals surface area (Å²) < 4.78 is 24.6. The summed E-state index contributed by atoms with van der Waals surface area (Å²) in [5.41, 5.74) is 0.862. The molecule has 5 nitrogen and oxygen atoms in total. The Labute approximate surface area is 140 Å². The van der Waals surface area contributed by atoms with Gasteiger partial charge in [-0.15, -0.1) is 10.2 Å². The third-order valence-corrected chi connectivity index (χ3v) is 5.46. The van der Waals surface area contributed by atoms with E-state index in [1.165, 1.54) is 12.1 Å². The molecule has 1 saturated heterocycles. The van der Waals surface area contributed by atoms with Gasteiger partial charge in [0.1, 0.15) is 5.82 Å². The average Bonchev–Trinajstić information content (AvgIpc) is 3.16. The van der Waals surface area contributed by atoms with Crippen LogP contribution in [0.5, 0.6) is 0 Å². The van der Waals surface area contributed by atoms with Crippen LogP contribution in [0.25, 0.3) is 11.5 Å². The maximum Gasteiger partial charge on any atom is 0.247 e. The first-order valence-corrected chi connectivity index (χ1v) is 8.37. The van der Waals surface area contributed by atoms with E-state index >= 15 is 0 Å². The van der Waals surface area contributed by atoms with Gasteiger partial charge in [-0.1, -0.05) is 13.8 Å². The molecule has 1 aromatic carbocycles. The lowest BCUT2D eigenvalue weighted by Crippen LogP contribution is -2.65. The minimum Gasteiger partial charge on any atom is -0.419 e. The zero-order valence-electron chi connectivity index (χ0n) is 14.2. The van der Waals surface area contributed by atoms with Crippen molar-refractivity contribution in [3.8, 4) is 11.5 Å². The zero-order valence-corrected chi connectivity index (χ0v) is 14.2. The zero-order chi connectivity index (χ0) is 16.9. The summed E-state index contributed by atoms with van der Waals surface area (Å²) in [5, 5.41) is 8.23. The molecule has 0 radical (unpaired) electrons. The number of halogens is 1. The van der Waals surface area contributed by atoms with E-state index in [1.54, 1.807) is 12.1 Å². The van der Waals surface area contributed by atoms with Gasteiger partial charge in [0, 0.05) is 29.5 Å². The first-order valence-electron chi connectivity index (χ1n) is 8.37. The number of hydrogen-bond acceptors (Lipinski definition) is 5. The van der Waals surface area contributed by atoms with Gasteiger partial charge in [-0.05, 0) is 37.7 Å². The van der Waals surface area contributed by atoms with E-state index in [-0.39, 0.29) is 11.2 Å². The molecular formula is C18H22FN3O2. The van der Waals surface area contributed by atoms with Crippen LogP contribution in [0.3, 0.4) is 0 Å². The molecule has 1 aromatic heterocycles. The number of ether oxygens (including phenoxy) is 1. The van der Waals surface area contributed by atoms with Crippen LogP contribution >= 0.6 is 0 Å². The van der Waals surface area contributed by atoms with Gasteiger partial charge in [-0.2, -0.15) is 0 Å². The van der Waals surface area contributed by atoms with Crippen LogP contribution in [-0.2, 0) is 11.3 Å². The van der Waals surface area contributed by atoms with Crippen molar-refractivity contribution in [3.63, 3.8) is 0 Å². The van der Waals surface area contributed by atoms with E-state index in [2.05, 4.69) is 36.0 Å². The standard InChI is InChI=1S/C18H22FN3O2/c1-18(2)15(13-8-9-23-16(13)18)22(3)10-14-20-21-17(24-14)11-4-6-12(19)7-5-11/h4-7,13,15-16H,8-10H2,1-3H3. The van der Waals surface area contributed by atoms with Crippen LogP contribution < -0.4 is 0 Å².